The van der Waals surface area contributed by atoms with Gasteiger partial charge in [-0.3, -0.25) is 0 Å². The van der Waals surface area contributed by atoms with Crippen molar-refractivity contribution in [1.29, 1.82) is 0 Å². The van der Waals surface area contributed by atoms with Crippen LogP contribution in [0.4, 0.5) is 0 Å². The van der Waals surface area contributed by atoms with Gasteiger partial charge in [0, 0.05) is 24.9 Å². The molecule has 1 heterocycles. The summed E-state index contributed by atoms with van der Waals surface area (Å²) in [6.45, 7) is 6.76. The minimum atomic E-state index is 0.638. The van der Waals surface area contributed by atoms with Crippen LogP contribution in [-0.4, -0.2) is 30.3 Å². The van der Waals surface area contributed by atoms with Crippen molar-refractivity contribution in [3.05, 3.63) is 0 Å². The molecule has 0 saturated carbocycles. The van der Waals surface area contributed by atoms with Gasteiger partial charge < -0.3 is 10.6 Å². The predicted octanol–water partition coefficient (Wildman–Crippen LogP) is 1.04. The molecule has 0 aromatic carbocycles. The molecule has 1 saturated heterocycles. The first-order valence-electron chi connectivity index (χ1n) is 4.41. The van der Waals surface area contributed by atoms with Gasteiger partial charge in [0.05, 0.1) is 5.37 Å². The van der Waals surface area contributed by atoms with E-state index in [9.17, 15) is 0 Å². The summed E-state index contributed by atoms with van der Waals surface area (Å²) in [6, 6.07) is 0.660. The minimum absolute atomic E-state index is 0.638. The van der Waals surface area contributed by atoms with E-state index in [1.54, 1.807) is 0 Å². The molecule has 1 rings (SSSR count). The standard InChI is InChI=1S/C8H18N2S/c1-3-7(2)10-8-6-9-4-5-11-8/h7-10H,3-6H2,1-2H3. The Balaban J connectivity index is 2.13. The highest BCUT2D eigenvalue weighted by atomic mass is 32.2. The van der Waals surface area contributed by atoms with Crippen LogP contribution in [0.2, 0.25) is 0 Å². The molecule has 0 amide bonds. The fourth-order valence-corrected chi connectivity index (χ4v) is 2.22. The summed E-state index contributed by atoms with van der Waals surface area (Å²) in [6.07, 6.45) is 1.22. The van der Waals surface area contributed by atoms with Crippen molar-refractivity contribution < 1.29 is 0 Å². The van der Waals surface area contributed by atoms with E-state index in [0.29, 0.717) is 11.4 Å². The number of nitrogens with one attached hydrogen (secondary N) is 2. The summed E-state index contributed by atoms with van der Waals surface area (Å²) in [5.41, 5.74) is 0. The molecule has 1 fully saturated rings. The maximum atomic E-state index is 3.57. The van der Waals surface area contributed by atoms with E-state index < -0.39 is 0 Å². The van der Waals surface area contributed by atoms with Gasteiger partial charge in [0.1, 0.15) is 0 Å². The van der Waals surface area contributed by atoms with E-state index in [1.807, 2.05) is 11.8 Å². The van der Waals surface area contributed by atoms with Crippen LogP contribution >= 0.6 is 11.8 Å². The maximum absolute atomic E-state index is 3.57. The Morgan fingerprint density at radius 1 is 1.73 bits per heavy atom. The fourth-order valence-electron chi connectivity index (χ4n) is 1.11. The normalized spacial score (nSPS) is 28.4. The van der Waals surface area contributed by atoms with Crippen molar-refractivity contribution in [2.75, 3.05) is 18.8 Å². The van der Waals surface area contributed by atoms with Crippen molar-refractivity contribution in [2.24, 2.45) is 0 Å². The highest BCUT2D eigenvalue weighted by Crippen LogP contribution is 2.11. The molecule has 0 bridgehead atoms. The molecule has 2 N–H and O–H groups in total. The number of hydrogen-bond donors (Lipinski definition) is 2. The lowest BCUT2D eigenvalue weighted by atomic mass is 10.2. The summed E-state index contributed by atoms with van der Waals surface area (Å²) >= 11 is 2.03. The van der Waals surface area contributed by atoms with E-state index in [-0.39, 0.29) is 0 Å². The van der Waals surface area contributed by atoms with Crippen LogP contribution in [0.5, 0.6) is 0 Å². The second-order valence-corrected chi connectivity index (χ2v) is 4.35. The zero-order valence-corrected chi connectivity index (χ0v) is 8.21. The smallest absolute Gasteiger partial charge is 0.0661 e. The minimum Gasteiger partial charge on any atom is -0.314 e. The Hall–Kier alpha value is 0.270. The third-order valence-corrected chi connectivity index (χ3v) is 3.16. The van der Waals surface area contributed by atoms with Gasteiger partial charge in [0.25, 0.3) is 0 Å². The molecule has 1 aliphatic rings. The Morgan fingerprint density at radius 2 is 2.55 bits per heavy atom. The summed E-state index contributed by atoms with van der Waals surface area (Å²) in [7, 11) is 0. The van der Waals surface area contributed by atoms with Crippen molar-refractivity contribution in [2.45, 2.75) is 31.7 Å². The monoisotopic (exact) mass is 174 g/mol. The zero-order chi connectivity index (χ0) is 8.10. The molecule has 0 aromatic heterocycles. The quantitative estimate of drug-likeness (QED) is 0.668. The summed E-state index contributed by atoms with van der Waals surface area (Å²) in [5.74, 6) is 1.24. The van der Waals surface area contributed by atoms with Crippen LogP contribution in [-0.2, 0) is 0 Å². The number of hydrogen-bond acceptors (Lipinski definition) is 3. The van der Waals surface area contributed by atoms with Crippen LogP contribution in [0, 0.1) is 0 Å². The topological polar surface area (TPSA) is 24.1 Å². The second-order valence-electron chi connectivity index (χ2n) is 3.04. The summed E-state index contributed by atoms with van der Waals surface area (Å²) in [5, 5.41) is 7.59. The first-order chi connectivity index (χ1) is 5.33. The third-order valence-electron chi connectivity index (χ3n) is 2.01. The molecule has 2 atom stereocenters. The molecule has 0 radical (unpaired) electrons. The van der Waals surface area contributed by atoms with Gasteiger partial charge in [-0.15, -0.1) is 11.8 Å². The number of thioether (sulfide) groups is 1. The van der Waals surface area contributed by atoms with Crippen LogP contribution in [0.3, 0.4) is 0 Å². The van der Waals surface area contributed by atoms with Gasteiger partial charge >= 0.3 is 0 Å². The molecule has 66 valence electrons. The van der Waals surface area contributed by atoms with Crippen LogP contribution < -0.4 is 10.6 Å². The second kappa shape index (κ2) is 5.01. The van der Waals surface area contributed by atoms with Crippen LogP contribution in [0.25, 0.3) is 0 Å². The molecule has 1 aliphatic heterocycles. The van der Waals surface area contributed by atoms with E-state index in [4.69, 9.17) is 0 Å². The lowest BCUT2D eigenvalue weighted by Crippen LogP contribution is -2.44. The Bertz CT molecular complexity index is 102. The molecular formula is C8H18N2S. The average molecular weight is 174 g/mol. The van der Waals surface area contributed by atoms with Gasteiger partial charge in [-0.1, -0.05) is 6.92 Å². The molecule has 3 heteroatoms. The first kappa shape index (κ1) is 9.36. The number of rotatable bonds is 3. The molecule has 0 aliphatic carbocycles. The van der Waals surface area contributed by atoms with E-state index in [2.05, 4.69) is 24.5 Å². The van der Waals surface area contributed by atoms with Gasteiger partial charge in [-0.05, 0) is 13.3 Å². The van der Waals surface area contributed by atoms with Crippen LogP contribution in [0.15, 0.2) is 0 Å². The first-order valence-corrected chi connectivity index (χ1v) is 5.46. The van der Waals surface area contributed by atoms with E-state index >= 15 is 0 Å². The summed E-state index contributed by atoms with van der Waals surface area (Å²) in [4.78, 5) is 0. The summed E-state index contributed by atoms with van der Waals surface area (Å²) < 4.78 is 0. The SMILES string of the molecule is CCC(C)NC1CNCCS1. The van der Waals surface area contributed by atoms with Gasteiger partial charge in [-0.2, -0.15) is 0 Å². The molecule has 2 unspecified atom stereocenters. The Morgan fingerprint density at radius 3 is 3.09 bits per heavy atom. The largest absolute Gasteiger partial charge is 0.314 e. The fraction of sp³-hybridized carbons (Fsp3) is 1.00. The molecule has 11 heavy (non-hydrogen) atoms. The Kier molecular flexibility index (Phi) is 4.26. The van der Waals surface area contributed by atoms with Crippen molar-refractivity contribution in [1.82, 2.24) is 10.6 Å². The van der Waals surface area contributed by atoms with Crippen molar-refractivity contribution >= 4 is 11.8 Å². The molecule has 2 nitrogen and oxygen atoms in total. The maximum Gasteiger partial charge on any atom is 0.0661 e. The Labute approximate surface area is 73.5 Å². The van der Waals surface area contributed by atoms with Crippen molar-refractivity contribution in [3.8, 4) is 0 Å². The highest BCUT2D eigenvalue weighted by Gasteiger charge is 2.13. The van der Waals surface area contributed by atoms with Gasteiger partial charge in [-0.25, -0.2) is 0 Å². The van der Waals surface area contributed by atoms with Gasteiger partial charge in [0.2, 0.25) is 0 Å². The molecule has 0 spiro atoms. The average Bonchev–Trinajstić information content (AvgIpc) is 2.06. The van der Waals surface area contributed by atoms with Crippen LogP contribution in [0.1, 0.15) is 20.3 Å². The van der Waals surface area contributed by atoms with E-state index in [1.165, 1.54) is 18.7 Å². The highest BCUT2D eigenvalue weighted by molar-refractivity contribution is 7.99. The molecular weight excluding hydrogens is 156 g/mol. The third kappa shape index (κ3) is 3.45. The van der Waals surface area contributed by atoms with Gasteiger partial charge in [0.15, 0.2) is 0 Å². The lowest BCUT2D eigenvalue weighted by molar-refractivity contribution is 0.491. The van der Waals surface area contributed by atoms with Crippen molar-refractivity contribution in [3.63, 3.8) is 0 Å². The van der Waals surface area contributed by atoms with E-state index in [0.717, 1.165) is 6.54 Å². The predicted molar refractivity (Wildman–Crippen MR) is 52.0 cm³/mol. The lowest BCUT2D eigenvalue weighted by Gasteiger charge is -2.26. The molecule has 0 aromatic rings. The zero-order valence-electron chi connectivity index (χ0n) is 7.39.